The average molecular weight is 539 g/mol. The van der Waals surface area contributed by atoms with E-state index in [1.807, 2.05) is 24.3 Å². The van der Waals surface area contributed by atoms with Crippen LogP contribution in [0.1, 0.15) is 38.4 Å². The number of hydrogen-bond acceptors (Lipinski definition) is 4. The van der Waals surface area contributed by atoms with Crippen LogP contribution in [0.5, 0.6) is 0 Å². The van der Waals surface area contributed by atoms with Gasteiger partial charge in [-0.15, -0.1) is 24.0 Å². The Hall–Kier alpha value is -0.610. The zero-order valence-corrected chi connectivity index (χ0v) is 21.1. The molecule has 0 spiro atoms. The fraction of sp³-hybridized carbons (Fsp3) is 0.667. The maximum absolute atomic E-state index is 6.10. The lowest BCUT2D eigenvalue weighted by atomic mass is 10.1. The van der Waals surface area contributed by atoms with E-state index in [1.165, 1.54) is 0 Å². The van der Waals surface area contributed by atoms with Gasteiger partial charge in [0.2, 0.25) is 0 Å². The number of benzene rings is 1. The average Bonchev–Trinajstić information content (AvgIpc) is 2.68. The molecule has 1 unspecified atom stereocenters. The van der Waals surface area contributed by atoms with Crippen LogP contribution in [0.25, 0.3) is 0 Å². The van der Waals surface area contributed by atoms with E-state index in [0.717, 1.165) is 50.6 Å². The van der Waals surface area contributed by atoms with Gasteiger partial charge in [0.05, 0.1) is 18.8 Å². The zero-order chi connectivity index (χ0) is 20.4. The number of aliphatic imine (C=N–C) groups is 1. The van der Waals surface area contributed by atoms with Crippen LogP contribution < -0.4 is 10.6 Å². The Morgan fingerprint density at radius 3 is 2.62 bits per heavy atom. The Morgan fingerprint density at radius 1 is 1.31 bits per heavy atom. The summed E-state index contributed by atoms with van der Waals surface area (Å²) in [5.41, 5.74) is 1.05. The van der Waals surface area contributed by atoms with E-state index in [4.69, 9.17) is 21.1 Å². The molecule has 1 aromatic carbocycles. The van der Waals surface area contributed by atoms with Crippen molar-refractivity contribution >= 4 is 41.5 Å². The summed E-state index contributed by atoms with van der Waals surface area (Å²) < 4.78 is 11.3. The molecule has 1 aromatic rings. The number of nitrogens with zero attached hydrogens (tertiary/aromatic N) is 2. The highest BCUT2D eigenvalue weighted by Gasteiger charge is 2.20. The number of hydrogen-bond donors (Lipinski definition) is 2. The van der Waals surface area contributed by atoms with Gasteiger partial charge in [-0.05, 0) is 44.4 Å². The third-order valence-corrected chi connectivity index (χ3v) is 5.21. The third kappa shape index (κ3) is 9.83. The molecule has 166 valence electrons. The minimum Gasteiger partial charge on any atom is -0.377 e. The van der Waals surface area contributed by atoms with E-state index in [-0.39, 0.29) is 30.1 Å². The summed E-state index contributed by atoms with van der Waals surface area (Å²) in [7, 11) is 3.51. The first-order chi connectivity index (χ1) is 13.5. The molecule has 1 atom stereocenters. The monoisotopic (exact) mass is 538 g/mol. The van der Waals surface area contributed by atoms with Crippen molar-refractivity contribution in [1.29, 1.82) is 0 Å². The van der Waals surface area contributed by atoms with Gasteiger partial charge in [-0.1, -0.05) is 23.7 Å². The van der Waals surface area contributed by atoms with Crippen LogP contribution in [0.2, 0.25) is 5.02 Å². The van der Waals surface area contributed by atoms with Gasteiger partial charge < -0.3 is 25.0 Å². The van der Waals surface area contributed by atoms with Gasteiger partial charge in [-0.25, -0.2) is 0 Å². The Morgan fingerprint density at radius 2 is 2.03 bits per heavy atom. The van der Waals surface area contributed by atoms with E-state index in [2.05, 4.69) is 34.4 Å². The molecule has 0 bridgehead atoms. The molecule has 0 saturated carbocycles. The predicted octanol–water partition coefficient (Wildman–Crippen LogP) is 3.70. The topological polar surface area (TPSA) is 58.1 Å². The summed E-state index contributed by atoms with van der Waals surface area (Å²) in [6, 6.07) is 8.20. The van der Waals surface area contributed by atoms with E-state index in [0.29, 0.717) is 23.7 Å². The van der Waals surface area contributed by atoms with Gasteiger partial charge in [-0.2, -0.15) is 0 Å². The van der Waals surface area contributed by atoms with Gasteiger partial charge in [-0.3, -0.25) is 4.99 Å². The summed E-state index contributed by atoms with van der Waals surface area (Å²) in [5, 5.41) is 7.64. The molecule has 8 heteroatoms. The number of rotatable bonds is 9. The molecule has 1 fully saturated rings. The normalized spacial score (nSPS) is 17.1. The predicted molar refractivity (Wildman–Crippen MR) is 132 cm³/mol. The first-order valence-corrected chi connectivity index (χ1v) is 10.5. The molecule has 0 radical (unpaired) electrons. The molecule has 0 aromatic heterocycles. The van der Waals surface area contributed by atoms with E-state index < -0.39 is 0 Å². The Balaban J connectivity index is 0.00000420. The van der Waals surface area contributed by atoms with E-state index in [1.54, 1.807) is 14.2 Å². The summed E-state index contributed by atoms with van der Waals surface area (Å²) in [4.78, 5) is 6.84. The second-order valence-corrected chi connectivity index (χ2v) is 7.85. The van der Waals surface area contributed by atoms with Gasteiger partial charge >= 0.3 is 0 Å². The van der Waals surface area contributed by atoms with Gasteiger partial charge in [0, 0.05) is 51.4 Å². The summed E-state index contributed by atoms with van der Waals surface area (Å²) in [6.07, 6.45) is 2.42. The molecule has 29 heavy (non-hydrogen) atoms. The summed E-state index contributed by atoms with van der Waals surface area (Å²) in [5.74, 6) is 0.811. The minimum absolute atomic E-state index is 0. The number of likely N-dealkylation sites (tertiary alicyclic amines) is 1. The molecule has 2 N–H and O–H groups in total. The van der Waals surface area contributed by atoms with Crippen molar-refractivity contribution in [3.8, 4) is 0 Å². The number of guanidine groups is 1. The van der Waals surface area contributed by atoms with Crippen LogP contribution >= 0.6 is 35.6 Å². The maximum atomic E-state index is 6.10. The molecular formula is C21H36ClIN4O2. The van der Waals surface area contributed by atoms with Gasteiger partial charge in [0.25, 0.3) is 0 Å². The lowest BCUT2D eigenvalue weighted by Crippen LogP contribution is -2.49. The second kappa shape index (κ2) is 14.4. The first kappa shape index (κ1) is 26.4. The fourth-order valence-electron chi connectivity index (χ4n) is 3.34. The number of halogens is 2. The molecule has 1 heterocycles. The third-order valence-electron chi connectivity index (χ3n) is 4.97. The van der Waals surface area contributed by atoms with Crippen LogP contribution in [0, 0.1) is 0 Å². The van der Waals surface area contributed by atoms with Crippen molar-refractivity contribution in [3.05, 3.63) is 34.9 Å². The zero-order valence-electron chi connectivity index (χ0n) is 18.0. The molecular weight excluding hydrogens is 503 g/mol. The lowest BCUT2D eigenvalue weighted by molar-refractivity contribution is 0.0532. The number of methoxy groups -OCH3 is 1. The number of nitrogens with one attached hydrogen (secondary N) is 2. The maximum Gasteiger partial charge on any atom is 0.191 e. The van der Waals surface area contributed by atoms with Crippen molar-refractivity contribution in [3.63, 3.8) is 0 Å². The van der Waals surface area contributed by atoms with Gasteiger partial charge in [0.1, 0.15) is 0 Å². The van der Waals surface area contributed by atoms with Crippen LogP contribution in [0.15, 0.2) is 29.3 Å². The van der Waals surface area contributed by atoms with E-state index >= 15 is 0 Å². The summed E-state index contributed by atoms with van der Waals surface area (Å²) in [6.45, 7) is 8.76. The highest BCUT2D eigenvalue weighted by atomic mass is 127. The number of ether oxygens (including phenoxy) is 2. The molecule has 6 nitrogen and oxygen atoms in total. The molecule has 2 rings (SSSR count). The van der Waals surface area contributed by atoms with Crippen molar-refractivity contribution in [2.45, 2.75) is 44.9 Å². The highest BCUT2D eigenvalue weighted by Crippen LogP contribution is 2.19. The van der Waals surface area contributed by atoms with Crippen LogP contribution in [0.4, 0.5) is 0 Å². The highest BCUT2D eigenvalue weighted by molar-refractivity contribution is 14.0. The van der Waals surface area contributed by atoms with Crippen LogP contribution in [0.3, 0.4) is 0 Å². The Kier molecular flexibility index (Phi) is 13.1. The molecule has 1 aliphatic heterocycles. The van der Waals surface area contributed by atoms with Crippen molar-refractivity contribution in [2.75, 3.05) is 46.9 Å². The lowest BCUT2D eigenvalue weighted by Gasteiger charge is -2.33. The summed E-state index contributed by atoms with van der Waals surface area (Å²) >= 11 is 6.10. The molecule has 0 amide bonds. The Labute approximate surface area is 197 Å². The van der Waals surface area contributed by atoms with Crippen LogP contribution in [-0.2, 0) is 9.47 Å². The SMILES string of the molecule is CN=C(NCC(OC)c1cccc(Cl)c1)NC1CCN(CCOC(C)C)CC1.I. The molecule has 1 aliphatic rings. The number of piperidine rings is 1. The molecule has 0 aliphatic carbocycles. The van der Waals surface area contributed by atoms with E-state index in [9.17, 15) is 0 Å². The molecule has 1 saturated heterocycles. The van der Waals surface area contributed by atoms with Crippen LogP contribution in [-0.4, -0.2) is 69.9 Å². The van der Waals surface area contributed by atoms with Crippen molar-refractivity contribution < 1.29 is 9.47 Å². The first-order valence-electron chi connectivity index (χ1n) is 10.1. The smallest absolute Gasteiger partial charge is 0.191 e. The van der Waals surface area contributed by atoms with Crippen molar-refractivity contribution in [2.24, 2.45) is 4.99 Å². The second-order valence-electron chi connectivity index (χ2n) is 7.41. The van der Waals surface area contributed by atoms with Gasteiger partial charge in [0.15, 0.2) is 5.96 Å². The minimum atomic E-state index is -0.0833. The largest absolute Gasteiger partial charge is 0.377 e. The Bertz CT molecular complexity index is 610. The van der Waals surface area contributed by atoms with Crippen molar-refractivity contribution in [1.82, 2.24) is 15.5 Å². The quantitative estimate of drug-likeness (QED) is 0.285. The fourth-order valence-corrected chi connectivity index (χ4v) is 3.54. The standard InChI is InChI=1S/C21H35ClN4O2.HI/c1-16(2)28-13-12-26-10-8-19(9-11-26)25-21(23-3)24-15-20(27-4)17-6-5-7-18(22)14-17;/h5-7,14,16,19-20H,8-13,15H2,1-4H3,(H2,23,24,25);1H.